The molecule has 0 fully saturated rings. The molecule has 0 bridgehead atoms. The Balaban J connectivity index is 2.91. The molecule has 15 heavy (non-hydrogen) atoms. The highest BCUT2D eigenvalue weighted by Crippen LogP contribution is 2.11. The molecule has 0 radical (unpaired) electrons. The van der Waals surface area contributed by atoms with Crippen molar-refractivity contribution >= 4 is 5.78 Å². The van der Waals surface area contributed by atoms with Crippen molar-refractivity contribution in [2.75, 3.05) is 0 Å². The summed E-state index contributed by atoms with van der Waals surface area (Å²) in [5.41, 5.74) is 1.77. The molecule has 3 heteroatoms. The molecule has 1 rings (SSSR count). The molecule has 0 saturated carbocycles. The number of nitrogens with zero attached hydrogens (tertiary/aromatic N) is 2. The highest BCUT2D eigenvalue weighted by Gasteiger charge is 2.14. The first-order chi connectivity index (χ1) is 7.08. The molecule has 0 aliphatic heterocycles. The molecule has 0 saturated heterocycles. The van der Waals surface area contributed by atoms with Crippen LogP contribution in [0.1, 0.15) is 50.3 Å². The smallest absolute Gasteiger partial charge is 0.181 e. The largest absolute Gasteiger partial charge is 0.292 e. The van der Waals surface area contributed by atoms with Crippen LogP contribution in [0.25, 0.3) is 0 Å². The van der Waals surface area contributed by atoms with Gasteiger partial charge in [0.2, 0.25) is 0 Å². The maximum atomic E-state index is 11.9. The third-order valence-electron chi connectivity index (χ3n) is 2.37. The molecule has 84 valence electrons. The fourth-order valence-electron chi connectivity index (χ4n) is 1.58. The summed E-state index contributed by atoms with van der Waals surface area (Å²) in [6, 6.07) is 1.92. The van der Waals surface area contributed by atoms with Crippen molar-refractivity contribution in [3.63, 3.8) is 0 Å². The monoisotopic (exact) mass is 208 g/mol. The lowest BCUT2D eigenvalue weighted by Gasteiger charge is -2.05. The van der Waals surface area contributed by atoms with Crippen LogP contribution in [0.5, 0.6) is 0 Å². The van der Waals surface area contributed by atoms with E-state index in [1.807, 2.05) is 17.7 Å². The first-order valence-electron chi connectivity index (χ1n) is 5.68. The van der Waals surface area contributed by atoms with Crippen LogP contribution < -0.4 is 0 Å². The van der Waals surface area contributed by atoms with Crippen molar-refractivity contribution in [2.45, 2.75) is 47.1 Å². The summed E-state index contributed by atoms with van der Waals surface area (Å²) in [6.07, 6.45) is 1.49. The third kappa shape index (κ3) is 2.91. The second-order valence-corrected chi connectivity index (χ2v) is 4.21. The SMILES string of the molecule is CCc1cc(C(=O)CC(C)C)n(CC)n1. The van der Waals surface area contributed by atoms with E-state index in [-0.39, 0.29) is 5.78 Å². The third-order valence-corrected chi connectivity index (χ3v) is 2.37. The Labute approximate surface area is 91.5 Å². The van der Waals surface area contributed by atoms with Crippen LogP contribution in [0.15, 0.2) is 6.07 Å². The van der Waals surface area contributed by atoms with Crippen molar-refractivity contribution in [2.24, 2.45) is 5.92 Å². The predicted molar refractivity (Wildman–Crippen MR) is 61.1 cm³/mol. The van der Waals surface area contributed by atoms with Gasteiger partial charge in [0.1, 0.15) is 5.69 Å². The molecule has 0 aromatic carbocycles. The van der Waals surface area contributed by atoms with Crippen molar-refractivity contribution < 1.29 is 4.79 Å². The normalized spacial score (nSPS) is 11.0. The van der Waals surface area contributed by atoms with Crippen LogP contribution >= 0.6 is 0 Å². The van der Waals surface area contributed by atoms with Gasteiger partial charge < -0.3 is 0 Å². The zero-order valence-electron chi connectivity index (χ0n) is 10.1. The molecule has 0 unspecified atom stereocenters. The summed E-state index contributed by atoms with van der Waals surface area (Å²) >= 11 is 0. The van der Waals surface area contributed by atoms with E-state index in [4.69, 9.17) is 0 Å². The van der Waals surface area contributed by atoms with E-state index < -0.39 is 0 Å². The van der Waals surface area contributed by atoms with Gasteiger partial charge in [-0.05, 0) is 25.3 Å². The van der Waals surface area contributed by atoms with E-state index >= 15 is 0 Å². The Morgan fingerprint density at radius 1 is 1.47 bits per heavy atom. The maximum absolute atomic E-state index is 11.9. The highest BCUT2D eigenvalue weighted by molar-refractivity contribution is 5.94. The predicted octanol–water partition coefficient (Wildman–Crippen LogP) is 2.69. The number of ketones is 1. The summed E-state index contributed by atoms with van der Waals surface area (Å²) in [6.45, 7) is 8.95. The molecule has 1 aromatic rings. The zero-order valence-corrected chi connectivity index (χ0v) is 10.1. The van der Waals surface area contributed by atoms with Crippen LogP contribution in [0.4, 0.5) is 0 Å². The molecular formula is C12H20N2O. The molecule has 3 nitrogen and oxygen atoms in total. The number of carbonyl (C=O) groups excluding carboxylic acids is 1. The molecule has 0 aliphatic carbocycles. The molecular weight excluding hydrogens is 188 g/mol. The molecule has 0 atom stereocenters. The van der Waals surface area contributed by atoms with Gasteiger partial charge in [0.25, 0.3) is 0 Å². The van der Waals surface area contributed by atoms with Gasteiger partial charge in [-0.1, -0.05) is 20.8 Å². The Bertz CT molecular complexity index is 339. The van der Waals surface area contributed by atoms with E-state index in [2.05, 4.69) is 25.9 Å². The second kappa shape index (κ2) is 5.10. The van der Waals surface area contributed by atoms with Crippen LogP contribution in [-0.2, 0) is 13.0 Å². The number of carbonyl (C=O) groups is 1. The van der Waals surface area contributed by atoms with E-state index in [1.165, 1.54) is 0 Å². The van der Waals surface area contributed by atoms with Crippen molar-refractivity contribution in [3.05, 3.63) is 17.5 Å². The lowest BCUT2D eigenvalue weighted by molar-refractivity contribution is 0.0957. The number of aryl methyl sites for hydroxylation is 2. The van der Waals surface area contributed by atoms with Gasteiger partial charge in [-0.2, -0.15) is 5.10 Å². The summed E-state index contributed by atoms with van der Waals surface area (Å²) in [7, 11) is 0. The number of rotatable bonds is 5. The maximum Gasteiger partial charge on any atom is 0.181 e. The van der Waals surface area contributed by atoms with Gasteiger partial charge >= 0.3 is 0 Å². The Morgan fingerprint density at radius 2 is 2.13 bits per heavy atom. The van der Waals surface area contributed by atoms with E-state index in [0.717, 1.165) is 24.4 Å². The van der Waals surface area contributed by atoms with Crippen molar-refractivity contribution in [3.8, 4) is 0 Å². The van der Waals surface area contributed by atoms with Crippen molar-refractivity contribution in [1.29, 1.82) is 0 Å². The van der Waals surface area contributed by atoms with E-state index in [1.54, 1.807) is 0 Å². The fourth-order valence-corrected chi connectivity index (χ4v) is 1.58. The van der Waals surface area contributed by atoms with E-state index in [0.29, 0.717) is 12.3 Å². The topological polar surface area (TPSA) is 34.9 Å². The Morgan fingerprint density at radius 3 is 2.60 bits per heavy atom. The summed E-state index contributed by atoms with van der Waals surface area (Å²) in [4.78, 5) is 11.9. The van der Waals surface area contributed by atoms with Gasteiger partial charge in [0.15, 0.2) is 5.78 Å². The first kappa shape index (κ1) is 12.0. The van der Waals surface area contributed by atoms with Gasteiger partial charge in [0.05, 0.1) is 5.69 Å². The quantitative estimate of drug-likeness (QED) is 0.697. The standard InChI is InChI=1S/C12H20N2O/c1-5-10-8-11(14(6-2)13-10)12(15)7-9(3)4/h8-9H,5-7H2,1-4H3. The number of Topliss-reactive ketones (excluding diaryl/α,β-unsaturated/α-hetero) is 1. The highest BCUT2D eigenvalue weighted by atomic mass is 16.1. The van der Waals surface area contributed by atoms with Crippen LogP contribution in [0, 0.1) is 5.92 Å². The lowest BCUT2D eigenvalue weighted by Crippen LogP contribution is -2.11. The molecule has 1 aromatic heterocycles. The average Bonchev–Trinajstić information content (AvgIpc) is 2.59. The molecule has 0 spiro atoms. The van der Waals surface area contributed by atoms with Gasteiger partial charge in [-0.3, -0.25) is 9.48 Å². The minimum absolute atomic E-state index is 0.207. The second-order valence-electron chi connectivity index (χ2n) is 4.21. The van der Waals surface area contributed by atoms with Crippen LogP contribution in [0.2, 0.25) is 0 Å². The van der Waals surface area contributed by atoms with Crippen LogP contribution in [0.3, 0.4) is 0 Å². The van der Waals surface area contributed by atoms with E-state index in [9.17, 15) is 4.79 Å². The summed E-state index contributed by atoms with van der Waals surface area (Å²) < 4.78 is 1.81. The molecule has 1 heterocycles. The summed E-state index contributed by atoms with van der Waals surface area (Å²) in [5, 5.41) is 4.37. The average molecular weight is 208 g/mol. The first-order valence-corrected chi connectivity index (χ1v) is 5.68. The Kier molecular flexibility index (Phi) is 4.06. The summed E-state index contributed by atoms with van der Waals surface area (Å²) in [5.74, 6) is 0.613. The Hall–Kier alpha value is -1.12. The number of hydrogen-bond donors (Lipinski definition) is 0. The van der Waals surface area contributed by atoms with Gasteiger partial charge in [0, 0.05) is 13.0 Å². The zero-order chi connectivity index (χ0) is 11.4. The van der Waals surface area contributed by atoms with Gasteiger partial charge in [-0.15, -0.1) is 0 Å². The number of hydrogen-bond acceptors (Lipinski definition) is 2. The van der Waals surface area contributed by atoms with Gasteiger partial charge in [-0.25, -0.2) is 0 Å². The molecule has 0 N–H and O–H groups in total. The van der Waals surface area contributed by atoms with Crippen LogP contribution in [-0.4, -0.2) is 15.6 Å². The molecule has 0 amide bonds. The number of aromatic nitrogens is 2. The minimum atomic E-state index is 0.207. The lowest BCUT2D eigenvalue weighted by atomic mass is 10.0. The fraction of sp³-hybridized carbons (Fsp3) is 0.667. The molecule has 0 aliphatic rings. The minimum Gasteiger partial charge on any atom is -0.292 e. The van der Waals surface area contributed by atoms with Crippen molar-refractivity contribution in [1.82, 2.24) is 9.78 Å².